The molecule has 4 rings (SSSR count). The van der Waals surface area contributed by atoms with Crippen LogP contribution in [0, 0.1) is 0 Å². The molecule has 1 saturated carbocycles. The smallest absolute Gasteiger partial charge is 0.235 e. The highest BCUT2D eigenvalue weighted by Gasteiger charge is 2.45. The molecule has 0 aliphatic heterocycles. The highest BCUT2D eigenvalue weighted by atomic mass is 32.2. The standard InChI is InChI=1S/C26H30N2O4S/c1-20(29)28(33(2,30)31)26(17-7-3-4-8-18-26)22-12-15-24(16-13-22)32-19-23-14-11-21-9-5-6-10-25(21)27-23/h5-6,9-16H,3-4,7-8,17-19H2,1-2H3. The van der Waals surface area contributed by atoms with Crippen molar-refractivity contribution >= 4 is 26.8 Å². The Morgan fingerprint density at radius 3 is 2.27 bits per heavy atom. The number of benzene rings is 2. The summed E-state index contributed by atoms with van der Waals surface area (Å²) in [4.78, 5) is 17.2. The van der Waals surface area contributed by atoms with E-state index >= 15 is 0 Å². The molecule has 174 valence electrons. The molecule has 6 nitrogen and oxygen atoms in total. The first-order valence-corrected chi connectivity index (χ1v) is 13.2. The van der Waals surface area contributed by atoms with Crippen molar-refractivity contribution in [2.45, 2.75) is 57.6 Å². The van der Waals surface area contributed by atoms with Crippen LogP contribution in [0.4, 0.5) is 0 Å². The average Bonchev–Trinajstić information content (AvgIpc) is 3.03. The van der Waals surface area contributed by atoms with Crippen molar-refractivity contribution in [2.75, 3.05) is 6.26 Å². The molecule has 0 unspecified atom stereocenters. The lowest BCUT2D eigenvalue weighted by molar-refractivity contribution is -0.129. The molecule has 1 fully saturated rings. The molecule has 2 aromatic carbocycles. The maximum Gasteiger partial charge on any atom is 0.235 e. The quantitative estimate of drug-likeness (QED) is 0.468. The van der Waals surface area contributed by atoms with Gasteiger partial charge in [-0.25, -0.2) is 17.7 Å². The summed E-state index contributed by atoms with van der Waals surface area (Å²) < 4.78 is 32.4. The molecular formula is C26H30N2O4S. The van der Waals surface area contributed by atoms with E-state index in [-0.39, 0.29) is 0 Å². The van der Waals surface area contributed by atoms with Gasteiger partial charge in [0.15, 0.2) is 0 Å². The highest BCUT2D eigenvalue weighted by Crippen LogP contribution is 2.43. The van der Waals surface area contributed by atoms with Crippen molar-refractivity contribution in [2.24, 2.45) is 0 Å². The zero-order valence-electron chi connectivity index (χ0n) is 19.2. The van der Waals surface area contributed by atoms with Gasteiger partial charge in [-0.2, -0.15) is 0 Å². The highest BCUT2D eigenvalue weighted by molar-refractivity contribution is 7.88. The van der Waals surface area contributed by atoms with Crippen LogP contribution in [0.3, 0.4) is 0 Å². The van der Waals surface area contributed by atoms with E-state index in [4.69, 9.17) is 4.74 Å². The van der Waals surface area contributed by atoms with E-state index in [1.165, 1.54) is 6.92 Å². The number of carbonyl (C=O) groups is 1. The predicted molar refractivity (Wildman–Crippen MR) is 129 cm³/mol. The number of rotatable bonds is 6. The molecule has 0 atom stereocenters. The maximum atomic E-state index is 12.7. The number of fused-ring (bicyclic) bond motifs is 1. The Kier molecular flexibility index (Phi) is 6.70. The third kappa shape index (κ3) is 5.03. The van der Waals surface area contributed by atoms with Crippen molar-refractivity contribution in [3.05, 3.63) is 71.9 Å². The molecule has 1 heterocycles. The molecule has 33 heavy (non-hydrogen) atoms. The Morgan fingerprint density at radius 2 is 1.64 bits per heavy atom. The lowest BCUT2D eigenvalue weighted by Gasteiger charge is -2.42. The van der Waals surface area contributed by atoms with Crippen LogP contribution in [0.2, 0.25) is 0 Å². The number of sulfonamides is 1. The number of amides is 1. The molecule has 0 spiro atoms. The van der Waals surface area contributed by atoms with Crippen LogP contribution in [0.25, 0.3) is 10.9 Å². The normalized spacial score (nSPS) is 16.2. The second-order valence-electron chi connectivity index (χ2n) is 8.80. The topological polar surface area (TPSA) is 76.6 Å². The maximum absolute atomic E-state index is 12.7. The van der Waals surface area contributed by atoms with E-state index in [2.05, 4.69) is 4.98 Å². The summed E-state index contributed by atoms with van der Waals surface area (Å²) in [7, 11) is -3.72. The first-order chi connectivity index (χ1) is 15.8. The predicted octanol–water partition coefficient (Wildman–Crippen LogP) is 5.17. The molecule has 1 aliphatic carbocycles. The summed E-state index contributed by atoms with van der Waals surface area (Å²) >= 11 is 0. The second kappa shape index (κ2) is 9.51. The van der Waals surface area contributed by atoms with E-state index in [0.29, 0.717) is 25.2 Å². The minimum atomic E-state index is -3.72. The van der Waals surface area contributed by atoms with E-state index < -0.39 is 21.5 Å². The van der Waals surface area contributed by atoms with Crippen molar-refractivity contribution in [3.63, 3.8) is 0 Å². The molecule has 0 bridgehead atoms. The molecule has 0 N–H and O–H groups in total. The Labute approximate surface area is 195 Å². The van der Waals surface area contributed by atoms with Crippen LogP contribution >= 0.6 is 0 Å². The van der Waals surface area contributed by atoms with Crippen molar-refractivity contribution in [3.8, 4) is 5.75 Å². The molecule has 0 saturated heterocycles. The molecule has 1 aromatic heterocycles. The minimum Gasteiger partial charge on any atom is -0.487 e. The van der Waals surface area contributed by atoms with Gasteiger partial charge in [0, 0.05) is 12.3 Å². The van der Waals surface area contributed by atoms with Gasteiger partial charge < -0.3 is 4.74 Å². The van der Waals surface area contributed by atoms with E-state index in [1.807, 2.05) is 60.7 Å². The van der Waals surface area contributed by atoms with Gasteiger partial charge in [-0.05, 0) is 42.7 Å². The third-order valence-corrected chi connectivity index (χ3v) is 7.64. The largest absolute Gasteiger partial charge is 0.487 e. The third-order valence-electron chi connectivity index (χ3n) is 6.37. The molecule has 3 aromatic rings. The number of nitrogens with zero attached hydrogens (tertiary/aromatic N) is 2. The van der Waals surface area contributed by atoms with Crippen LogP contribution < -0.4 is 4.74 Å². The van der Waals surface area contributed by atoms with Gasteiger partial charge in [0.25, 0.3) is 0 Å². The lowest BCUT2D eigenvalue weighted by atomic mass is 9.82. The number of hydrogen-bond donors (Lipinski definition) is 0. The summed E-state index contributed by atoms with van der Waals surface area (Å²) in [6.07, 6.45) is 6.21. The summed E-state index contributed by atoms with van der Waals surface area (Å²) in [6, 6.07) is 19.4. The van der Waals surface area contributed by atoms with Gasteiger partial charge in [-0.1, -0.05) is 62.1 Å². The van der Waals surface area contributed by atoms with Crippen LogP contribution in [0.1, 0.15) is 56.7 Å². The first-order valence-electron chi connectivity index (χ1n) is 11.4. The molecule has 1 amide bonds. The number of ether oxygens (including phenoxy) is 1. The molecule has 0 radical (unpaired) electrons. The van der Waals surface area contributed by atoms with E-state index in [1.54, 1.807) is 0 Å². The Bertz CT molecular complexity index is 1230. The fraction of sp³-hybridized carbons (Fsp3) is 0.385. The zero-order chi connectivity index (χ0) is 23.5. The second-order valence-corrected chi connectivity index (χ2v) is 10.6. The average molecular weight is 467 g/mol. The summed E-state index contributed by atoms with van der Waals surface area (Å²) in [5, 5.41) is 1.08. The lowest BCUT2D eigenvalue weighted by Crippen LogP contribution is -2.51. The van der Waals surface area contributed by atoms with Crippen LogP contribution in [0.5, 0.6) is 5.75 Å². The number of hydrogen-bond acceptors (Lipinski definition) is 5. The first kappa shape index (κ1) is 23.2. The van der Waals surface area contributed by atoms with Gasteiger partial charge in [0.1, 0.15) is 12.4 Å². The van der Waals surface area contributed by atoms with Gasteiger partial charge >= 0.3 is 0 Å². The van der Waals surface area contributed by atoms with Crippen LogP contribution in [-0.4, -0.2) is 29.9 Å². The number of pyridine rings is 1. The molecular weight excluding hydrogens is 436 g/mol. The Morgan fingerprint density at radius 1 is 0.970 bits per heavy atom. The monoisotopic (exact) mass is 466 g/mol. The van der Waals surface area contributed by atoms with Gasteiger partial charge in [-0.15, -0.1) is 0 Å². The van der Waals surface area contributed by atoms with Crippen LogP contribution in [-0.2, 0) is 27.0 Å². The summed E-state index contributed by atoms with van der Waals surface area (Å²) in [5.41, 5.74) is 1.74. The van der Waals surface area contributed by atoms with Crippen molar-refractivity contribution < 1.29 is 17.9 Å². The van der Waals surface area contributed by atoms with E-state index in [0.717, 1.165) is 58.4 Å². The van der Waals surface area contributed by atoms with Crippen LogP contribution in [0.15, 0.2) is 60.7 Å². The number of para-hydroxylation sites is 1. The fourth-order valence-corrected chi connectivity index (χ4v) is 6.37. The minimum absolute atomic E-state index is 0.332. The van der Waals surface area contributed by atoms with Gasteiger partial charge in [-0.3, -0.25) is 4.79 Å². The van der Waals surface area contributed by atoms with Gasteiger partial charge in [0.2, 0.25) is 15.9 Å². The zero-order valence-corrected chi connectivity index (χ0v) is 20.0. The Hall–Kier alpha value is -2.93. The fourth-order valence-electron chi connectivity index (χ4n) is 4.98. The SMILES string of the molecule is CC(=O)N(C1(c2ccc(OCc3ccc4ccccc4n3)cc2)CCCCCC1)S(C)(=O)=O. The Balaban J connectivity index is 1.58. The molecule has 7 heteroatoms. The summed E-state index contributed by atoms with van der Waals surface area (Å²) in [5.74, 6) is 0.230. The van der Waals surface area contributed by atoms with Crippen molar-refractivity contribution in [1.82, 2.24) is 9.29 Å². The van der Waals surface area contributed by atoms with Gasteiger partial charge in [0.05, 0.1) is 23.0 Å². The molecule has 1 aliphatic rings. The van der Waals surface area contributed by atoms with E-state index in [9.17, 15) is 13.2 Å². The number of aromatic nitrogens is 1. The van der Waals surface area contributed by atoms with Crippen molar-refractivity contribution in [1.29, 1.82) is 0 Å². The summed E-state index contributed by atoms with van der Waals surface area (Å²) in [6.45, 7) is 1.67. The number of carbonyl (C=O) groups excluding carboxylic acids is 1.